The van der Waals surface area contributed by atoms with Crippen LogP contribution >= 0.6 is 0 Å². The first-order valence-electron chi connectivity index (χ1n) is 11.0. The van der Waals surface area contributed by atoms with Gasteiger partial charge in [0.25, 0.3) is 5.91 Å². The Hall–Kier alpha value is -3.13. The fourth-order valence-corrected chi connectivity index (χ4v) is 4.55. The molecule has 4 heterocycles. The van der Waals surface area contributed by atoms with Crippen LogP contribution in [0.15, 0.2) is 36.5 Å². The number of piperidine rings is 1. The number of carbonyl (C=O) groups is 1. The molecule has 31 heavy (non-hydrogen) atoms. The maximum absolute atomic E-state index is 13.1. The summed E-state index contributed by atoms with van der Waals surface area (Å²) in [5.74, 6) is 0.492. The number of pyridine rings is 1. The Morgan fingerprint density at radius 2 is 1.97 bits per heavy atom. The third-order valence-corrected chi connectivity index (χ3v) is 6.26. The zero-order valence-electron chi connectivity index (χ0n) is 17.8. The standard InChI is InChI=1S/C23H28N6O2/c1-27-20-13-21(28-9-3-2-4-10-28)19(12-16(20)14-24-27)26-23(31)18-6-5-7-22(25-18)29-11-8-17(30)15-29/h5-7,12-14,17,30H,2-4,8-11,15H2,1H3,(H,26,31). The minimum atomic E-state index is -0.336. The third-order valence-electron chi connectivity index (χ3n) is 6.26. The molecule has 1 aromatic carbocycles. The average molecular weight is 421 g/mol. The molecule has 0 radical (unpaired) electrons. The van der Waals surface area contributed by atoms with Crippen LogP contribution < -0.4 is 15.1 Å². The van der Waals surface area contributed by atoms with Crippen LogP contribution in [-0.4, -0.2) is 58.1 Å². The van der Waals surface area contributed by atoms with Crippen LogP contribution in [0.3, 0.4) is 0 Å². The van der Waals surface area contributed by atoms with Crippen LogP contribution in [0.1, 0.15) is 36.2 Å². The number of amides is 1. The van der Waals surface area contributed by atoms with E-state index in [-0.39, 0.29) is 12.0 Å². The second-order valence-electron chi connectivity index (χ2n) is 8.47. The number of fused-ring (bicyclic) bond motifs is 1. The SMILES string of the molecule is Cn1ncc2cc(NC(=O)c3cccc(N4CCC(O)C4)n3)c(N3CCCCC3)cc21. The highest BCUT2D eigenvalue weighted by Crippen LogP contribution is 2.33. The van der Waals surface area contributed by atoms with E-state index in [9.17, 15) is 9.90 Å². The quantitative estimate of drug-likeness (QED) is 0.675. The summed E-state index contributed by atoms with van der Waals surface area (Å²) in [6.07, 6.45) is 5.76. The fraction of sp³-hybridized carbons (Fsp3) is 0.435. The summed E-state index contributed by atoms with van der Waals surface area (Å²) in [6, 6.07) is 9.59. The fourth-order valence-electron chi connectivity index (χ4n) is 4.55. The van der Waals surface area contributed by atoms with Crippen LogP contribution in [0.2, 0.25) is 0 Å². The lowest BCUT2D eigenvalue weighted by atomic mass is 10.1. The maximum atomic E-state index is 13.1. The van der Waals surface area contributed by atoms with Crippen LogP contribution in [0.4, 0.5) is 17.2 Å². The van der Waals surface area contributed by atoms with E-state index in [1.807, 2.05) is 41.0 Å². The number of aliphatic hydroxyl groups excluding tert-OH is 1. The first-order valence-corrected chi connectivity index (χ1v) is 11.0. The molecule has 0 bridgehead atoms. The number of β-amino-alcohol motifs (C(OH)–C–C–N with tert-alkyl or cyclic N) is 1. The Kier molecular flexibility index (Phi) is 5.23. The summed E-state index contributed by atoms with van der Waals surface area (Å²) in [6.45, 7) is 3.26. The average Bonchev–Trinajstić information content (AvgIpc) is 3.39. The Bertz CT molecular complexity index is 1100. The van der Waals surface area contributed by atoms with Gasteiger partial charge >= 0.3 is 0 Å². The Balaban J connectivity index is 1.45. The van der Waals surface area contributed by atoms with Gasteiger partial charge in [-0.1, -0.05) is 6.07 Å². The van der Waals surface area contributed by atoms with Crippen LogP contribution in [0, 0.1) is 0 Å². The van der Waals surface area contributed by atoms with Crippen molar-refractivity contribution in [3.05, 3.63) is 42.2 Å². The van der Waals surface area contributed by atoms with Crippen molar-refractivity contribution < 1.29 is 9.90 Å². The number of hydrogen-bond acceptors (Lipinski definition) is 6. The number of anilines is 3. The van der Waals surface area contributed by atoms with Crippen LogP contribution in [0.25, 0.3) is 10.9 Å². The molecule has 2 fully saturated rings. The molecular weight excluding hydrogens is 392 g/mol. The van der Waals surface area contributed by atoms with Gasteiger partial charge in [-0.25, -0.2) is 4.98 Å². The van der Waals surface area contributed by atoms with Gasteiger partial charge in [0, 0.05) is 38.6 Å². The smallest absolute Gasteiger partial charge is 0.274 e. The van der Waals surface area contributed by atoms with E-state index in [4.69, 9.17) is 0 Å². The molecule has 3 aromatic rings. The predicted octanol–water partition coefficient (Wildman–Crippen LogP) is 2.78. The molecule has 2 aliphatic rings. The molecule has 8 heteroatoms. The molecule has 162 valence electrons. The van der Waals surface area contributed by atoms with E-state index in [1.165, 1.54) is 6.42 Å². The maximum Gasteiger partial charge on any atom is 0.274 e. The molecule has 0 aliphatic carbocycles. The first kappa shape index (κ1) is 19.8. The second kappa shape index (κ2) is 8.19. The van der Waals surface area contributed by atoms with E-state index in [0.717, 1.165) is 67.0 Å². The normalized spacial score (nSPS) is 19.2. The molecule has 0 saturated carbocycles. The molecule has 2 saturated heterocycles. The van der Waals surface area contributed by atoms with E-state index in [1.54, 1.807) is 6.07 Å². The third kappa shape index (κ3) is 3.95. The van der Waals surface area contributed by atoms with Gasteiger partial charge in [0.05, 0.1) is 29.2 Å². The largest absolute Gasteiger partial charge is 0.391 e. The van der Waals surface area contributed by atoms with Crippen LogP contribution in [0.5, 0.6) is 0 Å². The second-order valence-corrected chi connectivity index (χ2v) is 8.47. The molecule has 2 N–H and O–H groups in total. The molecule has 1 unspecified atom stereocenters. The molecule has 8 nitrogen and oxygen atoms in total. The highest BCUT2D eigenvalue weighted by atomic mass is 16.3. The zero-order chi connectivity index (χ0) is 21.4. The number of aliphatic hydroxyl groups is 1. The van der Waals surface area contributed by atoms with Crippen molar-refractivity contribution in [3.63, 3.8) is 0 Å². The zero-order valence-corrected chi connectivity index (χ0v) is 17.8. The minimum absolute atomic E-state index is 0.233. The van der Waals surface area contributed by atoms with Gasteiger partial charge in [0.1, 0.15) is 11.5 Å². The van der Waals surface area contributed by atoms with Gasteiger partial charge in [0.15, 0.2) is 0 Å². The number of rotatable bonds is 4. The lowest BCUT2D eigenvalue weighted by Crippen LogP contribution is -2.30. The van der Waals surface area contributed by atoms with E-state index >= 15 is 0 Å². The molecule has 1 atom stereocenters. The first-order chi connectivity index (χ1) is 15.1. The Labute approximate surface area is 181 Å². The van der Waals surface area contributed by atoms with Crippen molar-refractivity contribution in [3.8, 4) is 0 Å². The highest BCUT2D eigenvalue weighted by Gasteiger charge is 2.23. The monoisotopic (exact) mass is 420 g/mol. The summed E-state index contributed by atoms with van der Waals surface area (Å²) in [7, 11) is 1.94. The van der Waals surface area contributed by atoms with Crippen molar-refractivity contribution in [1.29, 1.82) is 0 Å². The summed E-state index contributed by atoms with van der Waals surface area (Å²) in [5, 5.41) is 18.3. The molecular formula is C23H28N6O2. The topological polar surface area (TPSA) is 86.5 Å². The number of hydrogen-bond donors (Lipinski definition) is 2. The molecule has 0 spiro atoms. The Morgan fingerprint density at radius 1 is 1.13 bits per heavy atom. The number of aryl methyl sites for hydroxylation is 1. The van der Waals surface area contributed by atoms with Crippen molar-refractivity contribution in [2.75, 3.05) is 41.3 Å². The van der Waals surface area contributed by atoms with Gasteiger partial charge in [0.2, 0.25) is 0 Å². The lowest BCUT2D eigenvalue weighted by Gasteiger charge is -2.30. The van der Waals surface area contributed by atoms with Crippen molar-refractivity contribution in [2.45, 2.75) is 31.8 Å². The molecule has 2 aromatic heterocycles. The summed E-state index contributed by atoms with van der Waals surface area (Å²) in [4.78, 5) is 22.1. The minimum Gasteiger partial charge on any atom is -0.391 e. The highest BCUT2D eigenvalue weighted by molar-refractivity contribution is 6.06. The summed E-state index contributed by atoms with van der Waals surface area (Å²) < 4.78 is 1.86. The van der Waals surface area contributed by atoms with Gasteiger partial charge < -0.3 is 20.2 Å². The van der Waals surface area contributed by atoms with Crippen LogP contribution in [-0.2, 0) is 7.05 Å². The van der Waals surface area contributed by atoms with Gasteiger partial charge in [-0.2, -0.15) is 5.10 Å². The summed E-state index contributed by atoms with van der Waals surface area (Å²) >= 11 is 0. The summed E-state index contributed by atoms with van der Waals surface area (Å²) in [5.41, 5.74) is 3.24. The predicted molar refractivity (Wildman–Crippen MR) is 122 cm³/mol. The molecule has 2 aliphatic heterocycles. The lowest BCUT2D eigenvalue weighted by molar-refractivity contribution is 0.102. The van der Waals surface area contributed by atoms with E-state index < -0.39 is 0 Å². The van der Waals surface area contributed by atoms with E-state index in [2.05, 4.69) is 26.4 Å². The number of aromatic nitrogens is 3. The number of nitrogens with one attached hydrogen (secondary N) is 1. The van der Waals surface area contributed by atoms with Gasteiger partial charge in [-0.05, 0) is 49.9 Å². The van der Waals surface area contributed by atoms with Crippen molar-refractivity contribution in [2.24, 2.45) is 7.05 Å². The Morgan fingerprint density at radius 3 is 2.74 bits per heavy atom. The molecule has 5 rings (SSSR count). The van der Waals surface area contributed by atoms with Crippen molar-refractivity contribution in [1.82, 2.24) is 14.8 Å². The van der Waals surface area contributed by atoms with E-state index in [0.29, 0.717) is 12.2 Å². The number of carbonyl (C=O) groups excluding carboxylic acids is 1. The van der Waals surface area contributed by atoms with Crippen molar-refractivity contribution >= 4 is 34.0 Å². The van der Waals surface area contributed by atoms with Gasteiger partial charge in [-0.15, -0.1) is 0 Å². The number of nitrogens with zero attached hydrogens (tertiary/aromatic N) is 5. The number of benzene rings is 1. The molecule has 1 amide bonds. The van der Waals surface area contributed by atoms with Gasteiger partial charge in [-0.3, -0.25) is 9.48 Å².